The van der Waals surface area contributed by atoms with Crippen molar-refractivity contribution in [2.24, 2.45) is 5.92 Å². The molecule has 26 heavy (non-hydrogen) atoms. The van der Waals surface area contributed by atoms with Crippen molar-refractivity contribution in [3.63, 3.8) is 0 Å². The fourth-order valence-electron chi connectivity index (χ4n) is 3.87. The van der Waals surface area contributed by atoms with Crippen LogP contribution in [0, 0.1) is 5.92 Å². The lowest BCUT2D eigenvalue weighted by Gasteiger charge is -2.35. The van der Waals surface area contributed by atoms with Crippen LogP contribution in [0.25, 0.3) is 0 Å². The monoisotopic (exact) mass is 357 g/mol. The topological polar surface area (TPSA) is 53.1 Å². The van der Waals surface area contributed by atoms with Crippen LogP contribution in [-0.2, 0) is 9.53 Å². The molecule has 2 saturated heterocycles. The van der Waals surface area contributed by atoms with Gasteiger partial charge in [0.15, 0.2) is 0 Å². The van der Waals surface area contributed by atoms with Gasteiger partial charge < -0.3 is 19.4 Å². The highest BCUT2D eigenvalue weighted by Gasteiger charge is 2.35. The molecule has 0 aromatic heterocycles. The summed E-state index contributed by atoms with van der Waals surface area (Å²) in [7, 11) is 1.76. The number of carbonyl (C=O) groups excluding carboxylic acids is 2. The summed E-state index contributed by atoms with van der Waals surface area (Å²) in [5.74, 6) is 0.598. The number of ether oxygens (including phenoxy) is 1. The predicted octanol–water partition coefficient (Wildman–Crippen LogP) is 1.61. The van der Waals surface area contributed by atoms with Crippen molar-refractivity contribution in [2.75, 3.05) is 51.3 Å². The number of nitrogens with zero attached hydrogens (tertiary/aromatic N) is 3. The van der Waals surface area contributed by atoms with E-state index in [4.69, 9.17) is 4.74 Å². The molecule has 2 aliphatic heterocycles. The molecule has 0 spiro atoms. The molecule has 140 valence electrons. The molecule has 6 nitrogen and oxygen atoms in total. The Bertz CT molecular complexity index is 663. The number of rotatable bonds is 4. The van der Waals surface area contributed by atoms with Crippen LogP contribution in [0.15, 0.2) is 24.3 Å². The fourth-order valence-corrected chi connectivity index (χ4v) is 3.87. The molecule has 1 aromatic carbocycles. The molecule has 0 N–H and O–H groups in total. The van der Waals surface area contributed by atoms with Gasteiger partial charge in [-0.15, -0.1) is 0 Å². The second-order valence-electron chi connectivity index (χ2n) is 7.53. The maximum absolute atomic E-state index is 12.7. The molecule has 0 radical (unpaired) electrons. The molecular formula is C20H27N3O3. The molecule has 1 atom stereocenters. The maximum Gasteiger partial charge on any atom is 0.253 e. The summed E-state index contributed by atoms with van der Waals surface area (Å²) < 4.78 is 5.42. The summed E-state index contributed by atoms with van der Waals surface area (Å²) in [6.07, 6.45) is 3.41. The van der Waals surface area contributed by atoms with Gasteiger partial charge in [0.25, 0.3) is 5.91 Å². The first-order valence-corrected chi connectivity index (χ1v) is 9.61. The average Bonchev–Trinajstić information content (AvgIpc) is 3.44. The third kappa shape index (κ3) is 3.56. The van der Waals surface area contributed by atoms with Gasteiger partial charge in [-0.2, -0.15) is 0 Å². The number of benzene rings is 1. The van der Waals surface area contributed by atoms with Gasteiger partial charge in [-0.3, -0.25) is 9.59 Å². The standard InChI is InChI=1S/C20H27N3O3/c1-26-18-8-9-23(14-18)17-6-4-16(5-7-17)20(25)22-12-10-21(11-13-22)19(24)15-2-3-15/h4-7,15,18H,2-3,8-14H2,1H3. The van der Waals surface area contributed by atoms with E-state index < -0.39 is 0 Å². The van der Waals surface area contributed by atoms with Gasteiger partial charge in [-0.1, -0.05) is 0 Å². The number of carbonyl (C=O) groups is 2. The minimum absolute atomic E-state index is 0.0614. The minimum Gasteiger partial charge on any atom is -0.380 e. The molecule has 1 saturated carbocycles. The molecular weight excluding hydrogens is 330 g/mol. The molecule has 0 bridgehead atoms. The number of amides is 2. The first-order valence-electron chi connectivity index (χ1n) is 9.61. The molecule has 1 aromatic rings. The highest BCUT2D eigenvalue weighted by atomic mass is 16.5. The van der Waals surface area contributed by atoms with E-state index in [9.17, 15) is 9.59 Å². The lowest BCUT2D eigenvalue weighted by molar-refractivity contribution is -0.134. The quantitative estimate of drug-likeness (QED) is 0.822. The molecule has 2 amide bonds. The normalized spacial score (nSPS) is 23.4. The summed E-state index contributed by atoms with van der Waals surface area (Å²) in [6.45, 7) is 4.46. The molecule has 6 heteroatoms. The summed E-state index contributed by atoms with van der Waals surface area (Å²) in [4.78, 5) is 30.9. The van der Waals surface area contributed by atoms with Crippen LogP contribution >= 0.6 is 0 Å². The van der Waals surface area contributed by atoms with E-state index in [0.29, 0.717) is 32.3 Å². The third-order valence-corrected chi connectivity index (χ3v) is 5.76. The first-order chi connectivity index (χ1) is 12.7. The first kappa shape index (κ1) is 17.3. The van der Waals surface area contributed by atoms with Crippen LogP contribution in [0.3, 0.4) is 0 Å². The number of hydrogen-bond acceptors (Lipinski definition) is 4. The van der Waals surface area contributed by atoms with Gasteiger partial charge in [0.05, 0.1) is 6.10 Å². The van der Waals surface area contributed by atoms with Crippen LogP contribution in [0.1, 0.15) is 29.6 Å². The van der Waals surface area contributed by atoms with Gasteiger partial charge in [0, 0.05) is 63.5 Å². The molecule has 3 aliphatic rings. The largest absolute Gasteiger partial charge is 0.380 e. The van der Waals surface area contributed by atoms with E-state index >= 15 is 0 Å². The molecule has 1 aliphatic carbocycles. The average molecular weight is 357 g/mol. The Hall–Kier alpha value is -2.08. The predicted molar refractivity (Wildman–Crippen MR) is 99.3 cm³/mol. The van der Waals surface area contributed by atoms with Crippen LogP contribution in [0.2, 0.25) is 0 Å². The zero-order valence-corrected chi connectivity index (χ0v) is 15.4. The maximum atomic E-state index is 12.7. The Morgan fingerprint density at radius 3 is 2.15 bits per heavy atom. The van der Waals surface area contributed by atoms with Gasteiger partial charge >= 0.3 is 0 Å². The molecule has 4 rings (SSSR count). The van der Waals surface area contributed by atoms with Gasteiger partial charge in [0.2, 0.25) is 5.91 Å². The second-order valence-corrected chi connectivity index (χ2v) is 7.53. The number of piperazine rings is 1. The van der Waals surface area contributed by atoms with Crippen LogP contribution in [0.4, 0.5) is 5.69 Å². The third-order valence-electron chi connectivity index (χ3n) is 5.76. The van der Waals surface area contributed by atoms with E-state index in [1.54, 1.807) is 7.11 Å². The summed E-state index contributed by atoms with van der Waals surface area (Å²) in [5.41, 5.74) is 1.86. The van der Waals surface area contributed by atoms with Crippen LogP contribution < -0.4 is 4.90 Å². The highest BCUT2D eigenvalue weighted by Crippen LogP contribution is 2.31. The number of methoxy groups -OCH3 is 1. The van der Waals surface area contributed by atoms with Gasteiger partial charge in [0.1, 0.15) is 0 Å². The SMILES string of the molecule is COC1CCN(c2ccc(C(=O)N3CCN(C(=O)C4CC4)CC3)cc2)C1. The number of hydrogen-bond donors (Lipinski definition) is 0. The summed E-state index contributed by atoms with van der Waals surface area (Å²) in [5, 5.41) is 0. The van der Waals surface area contributed by atoms with E-state index in [2.05, 4.69) is 4.90 Å². The van der Waals surface area contributed by atoms with Crippen molar-refractivity contribution >= 4 is 17.5 Å². The van der Waals surface area contributed by atoms with Crippen molar-refractivity contribution in [2.45, 2.75) is 25.4 Å². The van der Waals surface area contributed by atoms with Crippen molar-refractivity contribution in [3.8, 4) is 0 Å². The van der Waals surface area contributed by atoms with Gasteiger partial charge in [-0.25, -0.2) is 0 Å². The smallest absolute Gasteiger partial charge is 0.253 e. The lowest BCUT2D eigenvalue weighted by atomic mass is 10.1. The van der Waals surface area contributed by atoms with Crippen LogP contribution in [0.5, 0.6) is 0 Å². The van der Waals surface area contributed by atoms with Crippen molar-refractivity contribution in [1.29, 1.82) is 0 Å². The summed E-state index contributed by atoms with van der Waals surface area (Å²) in [6, 6.07) is 7.88. The zero-order chi connectivity index (χ0) is 18.1. The lowest BCUT2D eigenvalue weighted by Crippen LogP contribution is -2.51. The van der Waals surface area contributed by atoms with E-state index in [1.165, 1.54) is 0 Å². The molecule has 3 fully saturated rings. The minimum atomic E-state index is 0.0614. The van der Waals surface area contributed by atoms with E-state index in [-0.39, 0.29) is 17.7 Å². The van der Waals surface area contributed by atoms with Crippen molar-refractivity contribution in [1.82, 2.24) is 9.80 Å². The Morgan fingerprint density at radius 1 is 0.923 bits per heavy atom. The van der Waals surface area contributed by atoms with Crippen molar-refractivity contribution in [3.05, 3.63) is 29.8 Å². The number of anilines is 1. The Labute approximate surface area is 154 Å². The molecule has 2 heterocycles. The second kappa shape index (κ2) is 7.27. The molecule has 1 unspecified atom stereocenters. The zero-order valence-electron chi connectivity index (χ0n) is 15.4. The van der Waals surface area contributed by atoms with Crippen LogP contribution in [-0.4, -0.2) is 74.1 Å². The Kier molecular flexibility index (Phi) is 4.85. The Morgan fingerprint density at radius 2 is 1.58 bits per heavy atom. The highest BCUT2D eigenvalue weighted by molar-refractivity contribution is 5.94. The van der Waals surface area contributed by atoms with E-state index in [0.717, 1.165) is 43.6 Å². The fraction of sp³-hybridized carbons (Fsp3) is 0.600. The van der Waals surface area contributed by atoms with E-state index in [1.807, 2.05) is 34.1 Å². The Balaban J connectivity index is 1.33. The summed E-state index contributed by atoms with van der Waals surface area (Å²) >= 11 is 0. The van der Waals surface area contributed by atoms with Crippen molar-refractivity contribution < 1.29 is 14.3 Å². The van der Waals surface area contributed by atoms with Gasteiger partial charge in [-0.05, 0) is 43.5 Å².